The first-order valence-electron chi connectivity index (χ1n) is 10.7. The Hall–Kier alpha value is -3.80. The van der Waals surface area contributed by atoms with Crippen LogP contribution < -0.4 is 29.6 Å². The van der Waals surface area contributed by atoms with E-state index >= 15 is 0 Å². The number of nitrogens with zero attached hydrogens (tertiary/aromatic N) is 2. The molecule has 2 aliphatic rings. The Morgan fingerprint density at radius 3 is 2.61 bits per heavy atom. The highest BCUT2D eigenvalue weighted by Gasteiger charge is 2.48. The van der Waals surface area contributed by atoms with E-state index in [4.69, 9.17) is 30.5 Å². The lowest BCUT2D eigenvalue weighted by Crippen LogP contribution is -2.35. The first kappa shape index (κ1) is 23.9. The zero-order chi connectivity index (χ0) is 25.6. The molecular weight excluding hydrogens is 505 g/mol. The largest absolute Gasteiger partial charge is 0.493 e. The molecule has 1 amide bonds. The Morgan fingerprint density at radius 1 is 1.14 bits per heavy atom. The Balaban J connectivity index is 1.47. The van der Waals surface area contributed by atoms with E-state index in [1.54, 1.807) is 30.3 Å². The van der Waals surface area contributed by atoms with Crippen molar-refractivity contribution in [3.63, 3.8) is 0 Å². The number of rotatable bonds is 5. The smallest absolute Gasteiger partial charge is 0.410 e. The van der Waals surface area contributed by atoms with Crippen LogP contribution in [0.4, 0.5) is 24.7 Å². The van der Waals surface area contributed by atoms with Crippen LogP contribution in [0.1, 0.15) is 34.6 Å². The molecule has 3 heterocycles. The summed E-state index contributed by atoms with van der Waals surface area (Å²) in [5, 5.41) is 9.31. The molecule has 0 aliphatic carbocycles. The fourth-order valence-electron chi connectivity index (χ4n) is 4.19. The van der Waals surface area contributed by atoms with Gasteiger partial charge in [0.15, 0.2) is 34.7 Å². The minimum absolute atomic E-state index is 0.0536. The summed E-state index contributed by atoms with van der Waals surface area (Å²) < 4.78 is 64.0. The molecule has 36 heavy (non-hydrogen) atoms. The molecule has 0 saturated heterocycles. The first-order chi connectivity index (χ1) is 17.2. The van der Waals surface area contributed by atoms with Crippen LogP contribution in [0.15, 0.2) is 36.4 Å². The molecule has 0 saturated carbocycles. The summed E-state index contributed by atoms with van der Waals surface area (Å²) in [4.78, 5) is 12.9. The van der Waals surface area contributed by atoms with Crippen LogP contribution in [0, 0.1) is 0 Å². The maximum Gasteiger partial charge on any atom is 0.410 e. The van der Waals surface area contributed by atoms with Crippen LogP contribution in [0.5, 0.6) is 23.0 Å². The molecule has 9 nitrogen and oxygen atoms in total. The molecule has 0 unspecified atom stereocenters. The van der Waals surface area contributed by atoms with Crippen LogP contribution in [-0.4, -0.2) is 42.9 Å². The SMILES string of the molecule is COc1ccc([C@@H]2C[C@@H](C(F)(F)F)n3nc(C(=O)Nc4ccc5c(c4)OCO5)c(Cl)c3N2)cc1OC. The van der Waals surface area contributed by atoms with Gasteiger partial charge in [0.2, 0.25) is 6.79 Å². The number of hydrogen-bond donors (Lipinski definition) is 2. The van der Waals surface area contributed by atoms with E-state index in [1.807, 2.05) is 0 Å². The summed E-state index contributed by atoms with van der Waals surface area (Å²) >= 11 is 6.41. The highest BCUT2D eigenvalue weighted by atomic mass is 35.5. The predicted molar refractivity (Wildman–Crippen MR) is 123 cm³/mol. The molecule has 2 atom stereocenters. The molecular formula is C23H20ClF3N4O5. The Labute approximate surface area is 208 Å². The third-order valence-electron chi connectivity index (χ3n) is 5.95. The summed E-state index contributed by atoms with van der Waals surface area (Å²) in [6, 6.07) is 6.74. The minimum atomic E-state index is -4.65. The fourth-order valence-corrected chi connectivity index (χ4v) is 4.45. The minimum Gasteiger partial charge on any atom is -0.493 e. The highest BCUT2D eigenvalue weighted by Crippen LogP contribution is 2.47. The number of amides is 1. The lowest BCUT2D eigenvalue weighted by molar-refractivity contribution is -0.173. The van der Waals surface area contributed by atoms with Crippen molar-refractivity contribution in [1.29, 1.82) is 0 Å². The topological polar surface area (TPSA) is 95.9 Å². The number of anilines is 2. The Kier molecular flexibility index (Phi) is 5.99. The van der Waals surface area contributed by atoms with Crippen LogP contribution in [-0.2, 0) is 0 Å². The van der Waals surface area contributed by atoms with Gasteiger partial charge >= 0.3 is 6.18 Å². The van der Waals surface area contributed by atoms with Gasteiger partial charge in [-0.1, -0.05) is 17.7 Å². The molecule has 2 aromatic carbocycles. The monoisotopic (exact) mass is 524 g/mol. The third-order valence-corrected chi connectivity index (χ3v) is 6.31. The second-order valence-electron chi connectivity index (χ2n) is 8.08. The number of fused-ring (bicyclic) bond motifs is 2. The normalized spacial score (nSPS) is 18.3. The van der Waals surface area contributed by atoms with Crippen molar-refractivity contribution in [2.75, 3.05) is 31.6 Å². The number of alkyl halides is 3. The van der Waals surface area contributed by atoms with E-state index in [-0.39, 0.29) is 29.7 Å². The number of carbonyl (C=O) groups excluding carboxylic acids is 1. The summed E-state index contributed by atoms with van der Waals surface area (Å²) in [7, 11) is 2.90. The maximum atomic E-state index is 14.1. The fraction of sp³-hybridized carbons (Fsp3) is 0.304. The molecule has 13 heteroatoms. The molecule has 0 radical (unpaired) electrons. The lowest BCUT2D eigenvalue weighted by atomic mass is 9.96. The number of aromatic nitrogens is 2. The third kappa shape index (κ3) is 4.21. The van der Waals surface area contributed by atoms with Gasteiger partial charge < -0.3 is 29.6 Å². The van der Waals surface area contributed by atoms with Crippen molar-refractivity contribution in [2.24, 2.45) is 0 Å². The van der Waals surface area contributed by atoms with Gasteiger partial charge in [0.1, 0.15) is 10.8 Å². The van der Waals surface area contributed by atoms with Crippen LogP contribution in [0.3, 0.4) is 0 Å². The summed E-state index contributed by atoms with van der Waals surface area (Å²) in [5.74, 6) is 0.873. The first-order valence-corrected chi connectivity index (χ1v) is 11.1. The van der Waals surface area contributed by atoms with Crippen molar-refractivity contribution in [3.05, 3.63) is 52.7 Å². The zero-order valence-corrected chi connectivity index (χ0v) is 19.7. The van der Waals surface area contributed by atoms with E-state index in [1.165, 1.54) is 20.3 Å². The van der Waals surface area contributed by atoms with Gasteiger partial charge in [0.25, 0.3) is 5.91 Å². The van der Waals surface area contributed by atoms with Crippen molar-refractivity contribution >= 4 is 29.0 Å². The average molecular weight is 525 g/mol. The molecule has 0 fully saturated rings. The second-order valence-corrected chi connectivity index (χ2v) is 8.46. The van der Waals surface area contributed by atoms with E-state index in [9.17, 15) is 18.0 Å². The summed E-state index contributed by atoms with van der Waals surface area (Å²) in [6.45, 7) is 0.0536. The van der Waals surface area contributed by atoms with Crippen LogP contribution >= 0.6 is 11.6 Å². The van der Waals surface area contributed by atoms with Crippen molar-refractivity contribution < 1.29 is 36.9 Å². The standard InChI is InChI=1S/C23H20ClF3N4O5/c1-33-14-5-3-11(7-16(14)34-2)13-9-18(23(25,26)27)31-21(29-13)19(24)20(30-31)22(32)28-12-4-6-15-17(8-12)36-10-35-15/h3-8,13,18,29H,9-10H2,1-2H3,(H,28,32)/t13-,18-/m0/s1. The zero-order valence-electron chi connectivity index (χ0n) is 19.0. The van der Waals surface area contributed by atoms with E-state index in [0.717, 1.165) is 0 Å². The quantitative estimate of drug-likeness (QED) is 0.474. The number of halogens is 4. The van der Waals surface area contributed by atoms with Gasteiger partial charge in [-0.2, -0.15) is 18.3 Å². The molecule has 0 bridgehead atoms. The number of nitrogens with one attached hydrogen (secondary N) is 2. The Bertz CT molecular complexity index is 1330. The van der Waals surface area contributed by atoms with E-state index < -0.39 is 24.2 Å². The molecule has 3 aromatic rings. The van der Waals surface area contributed by atoms with E-state index in [2.05, 4.69) is 15.7 Å². The average Bonchev–Trinajstić information content (AvgIpc) is 3.46. The van der Waals surface area contributed by atoms with Crippen molar-refractivity contribution in [2.45, 2.75) is 24.7 Å². The molecule has 0 spiro atoms. The Morgan fingerprint density at radius 2 is 1.89 bits per heavy atom. The van der Waals surface area contributed by atoms with Crippen molar-refractivity contribution in [1.82, 2.24) is 9.78 Å². The van der Waals surface area contributed by atoms with Crippen LogP contribution in [0.25, 0.3) is 0 Å². The maximum absolute atomic E-state index is 14.1. The predicted octanol–water partition coefficient (Wildman–Crippen LogP) is 5.20. The number of methoxy groups -OCH3 is 2. The number of hydrogen-bond acceptors (Lipinski definition) is 7. The summed E-state index contributed by atoms with van der Waals surface area (Å²) in [5.41, 5.74) is 0.519. The molecule has 2 N–H and O–H groups in total. The molecule has 5 rings (SSSR count). The lowest BCUT2D eigenvalue weighted by Gasteiger charge is -2.33. The number of benzene rings is 2. The van der Waals surface area contributed by atoms with Gasteiger partial charge in [0.05, 0.1) is 20.3 Å². The van der Waals surface area contributed by atoms with Gasteiger partial charge in [-0.25, -0.2) is 4.68 Å². The van der Waals surface area contributed by atoms with Gasteiger partial charge in [-0.15, -0.1) is 0 Å². The van der Waals surface area contributed by atoms with Gasteiger partial charge in [-0.3, -0.25) is 4.79 Å². The second kappa shape index (κ2) is 9.01. The van der Waals surface area contributed by atoms with Crippen molar-refractivity contribution in [3.8, 4) is 23.0 Å². The number of ether oxygens (including phenoxy) is 4. The van der Waals surface area contributed by atoms with Gasteiger partial charge in [-0.05, 0) is 29.8 Å². The van der Waals surface area contributed by atoms with Crippen LogP contribution in [0.2, 0.25) is 5.02 Å². The van der Waals surface area contributed by atoms with E-state index in [0.29, 0.717) is 38.9 Å². The molecule has 1 aromatic heterocycles. The number of carbonyl (C=O) groups is 1. The molecule has 2 aliphatic heterocycles. The molecule has 190 valence electrons. The van der Waals surface area contributed by atoms with Gasteiger partial charge in [0, 0.05) is 18.2 Å². The summed E-state index contributed by atoms with van der Waals surface area (Å²) in [6.07, 6.45) is -5.03. The highest BCUT2D eigenvalue weighted by molar-refractivity contribution is 6.36.